The zero-order valence-corrected chi connectivity index (χ0v) is 18.0. The first-order valence-corrected chi connectivity index (χ1v) is 11.3. The lowest BCUT2D eigenvalue weighted by molar-refractivity contribution is -0.125. The van der Waals surface area contributed by atoms with Gasteiger partial charge in [-0.1, -0.05) is 36.4 Å². The van der Waals surface area contributed by atoms with E-state index in [1.165, 1.54) is 0 Å². The first-order chi connectivity index (χ1) is 15.6. The van der Waals surface area contributed by atoms with Crippen LogP contribution in [0.15, 0.2) is 54.7 Å². The van der Waals surface area contributed by atoms with Gasteiger partial charge in [-0.15, -0.1) is 0 Å². The van der Waals surface area contributed by atoms with Crippen LogP contribution < -0.4 is 11.1 Å². The molecule has 6 heteroatoms. The topological polar surface area (TPSA) is 82.0 Å². The predicted molar refractivity (Wildman–Crippen MR) is 124 cm³/mol. The van der Waals surface area contributed by atoms with Gasteiger partial charge in [0, 0.05) is 47.3 Å². The van der Waals surface area contributed by atoms with Crippen LogP contribution in [-0.4, -0.2) is 27.5 Å². The van der Waals surface area contributed by atoms with Crippen molar-refractivity contribution in [3.8, 4) is 0 Å². The van der Waals surface area contributed by atoms with Gasteiger partial charge in [-0.3, -0.25) is 14.9 Å². The monoisotopic (exact) mass is 426 g/mol. The van der Waals surface area contributed by atoms with Gasteiger partial charge < -0.3 is 14.9 Å². The van der Waals surface area contributed by atoms with Gasteiger partial charge >= 0.3 is 0 Å². The van der Waals surface area contributed by atoms with Gasteiger partial charge in [0.05, 0.1) is 11.8 Å². The minimum atomic E-state index is -0.553. The van der Waals surface area contributed by atoms with Crippen LogP contribution in [0.25, 0.3) is 21.8 Å². The molecule has 1 saturated heterocycles. The number of hydrogen-bond donors (Lipinski definition) is 2. The smallest absolute Gasteiger partial charge is 0.235 e. The second kappa shape index (κ2) is 7.07. The van der Waals surface area contributed by atoms with Crippen molar-refractivity contribution in [2.45, 2.75) is 31.2 Å². The molecule has 4 aromatic rings. The minimum Gasteiger partial charge on any atom is -0.350 e. The van der Waals surface area contributed by atoms with Crippen molar-refractivity contribution >= 4 is 33.6 Å². The molecular formula is C26H26N4O2. The summed E-state index contributed by atoms with van der Waals surface area (Å²) >= 11 is 0. The highest BCUT2D eigenvalue weighted by atomic mass is 16.2. The van der Waals surface area contributed by atoms with Gasteiger partial charge in [-0.05, 0) is 48.6 Å². The summed E-state index contributed by atoms with van der Waals surface area (Å²) in [7, 11) is 1.98. The molecule has 2 aromatic heterocycles. The highest BCUT2D eigenvalue weighted by Gasteiger charge is 2.47. The average Bonchev–Trinajstić information content (AvgIpc) is 3.41. The van der Waals surface area contributed by atoms with E-state index in [2.05, 4.69) is 22.0 Å². The van der Waals surface area contributed by atoms with Crippen molar-refractivity contribution in [1.29, 1.82) is 0 Å². The number of nitrogens with zero attached hydrogens (tertiary/aromatic N) is 2. The number of aromatic nitrogens is 2. The molecule has 2 aliphatic rings. The summed E-state index contributed by atoms with van der Waals surface area (Å²) in [5.74, 6) is -1.14. The number of carbonyl (C=O) groups excluding carboxylic acids is 2. The van der Waals surface area contributed by atoms with E-state index in [0.717, 1.165) is 58.0 Å². The molecule has 3 unspecified atom stereocenters. The predicted octanol–water partition coefficient (Wildman–Crippen LogP) is 3.18. The second-order valence-electron chi connectivity index (χ2n) is 9.15. The molecule has 0 aliphatic carbocycles. The number of imide groups is 1. The second-order valence-corrected chi connectivity index (χ2v) is 9.15. The van der Waals surface area contributed by atoms with E-state index in [0.29, 0.717) is 12.5 Å². The largest absolute Gasteiger partial charge is 0.350 e. The average molecular weight is 427 g/mol. The number of rotatable bonds is 3. The molecule has 1 fully saturated rings. The van der Waals surface area contributed by atoms with Crippen molar-refractivity contribution in [2.75, 3.05) is 6.54 Å². The van der Waals surface area contributed by atoms with E-state index < -0.39 is 11.8 Å². The Morgan fingerprint density at radius 3 is 2.44 bits per heavy atom. The molecule has 2 aromatic carbocycles. The van der Waals surface area contributed by atoms with E-state index in [1.807, 2.05) is 54.2 Å². The Morgan fingerprint density at radius 1 is 0.969 bits per heavy atom. The Balaban J connectivity index is 1.60. The normalized spacial score (nSPS) is 23.1. The molecule has 0 bridgehead atoms. The number of carbonyl (C=O) groups is 2. The summed E-state index contributed by atoms with van der Waals surface area (Å²) in [5.41, 5.74) is 11.3. The van der Waals surface area contributed by atoms with Crippen LogP contribution in [-0.2, 0) is 29.6 Å². The number of fused-ring (bicyclic) bond motifs is 4. The van der Waals surface area contributed by atoms with E-state index in [9.17, 15) is 9.59 Å². The zero-order valence-electron chi connectivity index (χ0n) is 18.0. The number of nitrogens with one attached hydrogen (secondary N) is 1. The Morgan fingerprint density at radius 2 is 1.66 bits per heavy atom. The van der Waals surface area contributed by atoms with Crippen LogP contribution in [0.2, 0.25) is 0 Å². The number of hydrogen-bond acceptors (Lipinski definition) is 3. The molecule has 0 saturated carbocycles. The maximum atomic E-state index is 13.3. The number of benzene rings is 2. The molecule has 4 heterocycles. The molecule has 162 valence electrons. The maximum absolute atomic E-state index is 13.3. The lowest BCUT2D eigenvalue weighted by Gasteiger charge is -2.26. The van der Waals surface area contributed by atoms with Crippen LogP contribution >= 0.6 is 0 Å². The van der Waals surface area contributed by atoms with Gasteiger partial charge in [-0.25, -0.2) is 0 Å². The molecule has 3 N–H and O–H groups in total. The Hall–Kier alpha value is -3.38. The summed E-state index contributed by atoms with van der Waals surface area (Å²) in [6.07, 6.45) is 3.87. The van der Waals surface area contributed by atoms with E-state index in [1.54, 1.807) is 0 Å². The maximum Gasteiger partial charge on any atom is 0.235 e. The highest BCUT2D eigenvalue weighted by Crippen LogP contribution is 2.46. The molecule has 32 heavy (non-hydrogen) atoms. The SMILES string of the molecule is Cn1cc(C2C(=O)NC(=O)C2c2c3n(c4ccccc24)CCC(CN)C3)c2ccccc21. The fourth-order valence-electron chi connectivity index (χ4n) is 5.91. The molecule has 2 amide bonds. The third-order valence-electron chi connectivity index (χ3n) is 7.42. The fraction of sp³-hybridized carbons (Fsp3) is 0.308. The van der Waals surface area contributed by atoms with Crippen LogP contribution in [0, 0.1) is 5.92 Å². The summed E-state index contributed by atoms with van der Waals surface area (Å²) in [6, 6.07) is 16.3. The fourth-order valence-corrected chi connectivity index (χ4v) is 5.91. The third-order valence-corrected chi connectivity index (χ3v) is 7.42. The van der Waals surface area contributed by atoms with Crippen molar-refractivity contribution in [1.82, 2.24) is 14.5 Å². The summed E-state index contributed by atoms with van der Waals surface area (Å²) in [5, 5.41) is 4.74. The van der Waals surface area contributed by atoms with Gasteiger partial charge in [0.25, 0.3) is 0 Å². The molecule has 0 radical (unpaired) electrons. The van der Waals surface area contributed by atoms with Gasteiger partial charge in [0.1, 0.15) is 0 Å². The number of aryl methyl sites for hydroxylation is 2. The summed E-state index contributed by atoms with van der Waals surface area (Å²) in [6.45, 7) is 1.52. The zero-order chi connectivity index (χ0) is 22.0. The van der Waals surface area contributed by atoms with Crippen molar-refractivity contribution in [3.63, 3.8) is 0 Å². The Bertz CT molecular complexity index is 1400. The van der Waals surface area contributed by atoms with E-state index in [4.69, 9.17) is 5.73 Å². The lowest BCUT2D eigenvalue weighted by atomic mass is 9.80. The molecule has 2 aliphatic heterocycles. The van der Waals surface area contributed by atoms with Crippen LogP contribution in [0.1, 0.15) is 35.1 Å². The number of nitrogens with two attached hydrogens (primary N) is 1. The van der Waals surface area contributed by atoms with Crippen LogP contribution in [0.5, 0.6) is 0 Å². The van der Waals surface area contributed by atoms with Gasteiger partial charge in [-0.2, -0.15) is 0 Å². The first-order valence-electron chi connectivity index (χ1n) is 11.3. The summed E-state index contributed by atoms with van der Waals surface area (Å²) in [4.78, 5) is 26.5. The molecule has 6 rings (SSSR count). The molecule has 3 atom stereocenters. The van der Waals surface area contributed by atoms with Crippen molar-refractivity contribution < 1.29 is 9.59 Å². The van der Waals surface area contributed by atoms with Crippen LogP contribution in [0.3, 0.4) is 0 Å². The highest BCUT2D eigenvalue weighted by molar-refractivity contribution is 6.13. The van der Waals surface area contributed by atoms with Crippen molar-refractivity contribution in [3.05, 3.63) is 71.5 Å². The van der Waals surface area contributed by atoms with E-state index >= 15 is 0 Å². The lowest BCUT2D eigenvalue weighted by Crippen LogP contribution is -2.27. The van der Waals surface area contributed by atoms with Crippen LogP contribution in [0.4, 0.5) is 0 Å². The third kappa shape index (κ3) is 2.62. The molecule has 6 nitrogen and oxygen atoms in total. The minimum absolute atomic E-state index is 0.207. The Labute approximate surface area is 186 Å². The van der Waals surface area contributed by atoms with Crippen molar-refractivity contribution in [2.24, 2.45) is 18.7 Å². The number of para-hydroxylation sites is 2. The standard InChI is InChI=1S/C26H26N4O2/c1-29-14-18(16-6-2-4-8-19(16)29)23-24(26(32)28-25(23)31)22-17-7-3-5-9-20(17)30-11-10-15(13-27)12-21(22)30/h2-9,14-15,23-24H,10-13,27H2,1H3,(H,28,31,32). The first kappa shape index (κ1) is 19.3. The molecule has 0 spiro atoms. The summed E-state index contributed by atoms with van der Waals surface area (Å²) < 4.78 is 4.38. The Kier molecular flexibility index (Phi) is 4.27. The van der Waals surface area contributed by atoms with E-state index in [-0.39, 0.29) is 11.8 Å². The van der Waals surface area contributed by atoms with Gasteiger partial charge in [0.2, 0.25) is 11.8 Å². The van der Waals surface area contributed by atoms with Gasteiger partial charge in [0.15, 0.2) is 0 Å². The quantitative estimate of drug-likeness (QED) is 0.494. The molecular weight excluding hydrogens is 400 g/mol. The number of amides is 2.